The van der Waals surface area contributed by atoms with Crippen LogP contribution in [0.3, 0.4) is 0 Å². The van der Waals surface area contributed by atoms with Crippen molar-refractivity contribution < 1.29 is 10.2 Å². The predicted octanol–water partition coefficient (Wildman–Crippen LogP) is 5.98. The van der Waals surface area contributed by atoms with Crippen LogP contribution in [0, 0.1) is 0 Å². The van der Waals surface area contributed by atoms with Gasteiger partial charge in [-0.3, -0.25) is 0 Å². The van der Waals surface area contributed by atoms with Crippen LogP contribution in [0.25, 0.3) is 11.6 Å². The molecule has 0 bridgehead atoms. The van der Waals surface area contributed by atoms with Crippen molar-refractivity contribution in [3.63, 3.8) is 0 Å². The summed E-state index contributed by atoms with van der Waals surface area (Å²) in [6, 6.07) is 22.9. The van der Waals surface area contributed by atoms with E-state index in [-0.39, 0.29) is 16.9 Å². The molecule has 0 radical (unpaired) electrons. The van der Waals surface area contributed by atoms with Crippen molar-refractivity contribution in [3.8, 4) is 11.5 Å². The topological polar surface area (TPSA) is 40.5 Å². The third kappa shape index (κ3) is 4.15. The van der Waals surface area contributed by atoms with Crippen molar-refractivity contribution in [1.29, 1.82) is 0 Å². The number of benzene rings is 3. The van der Waals surface area contributed by atoms with Gasteiger partial charge in [0.05, 0.1) is 0 Å². The van der Waals surface area contributed by atoms with Crippen LogP contribution in [0.5, 0.6) is 11.5 Å². The number of rotatable bonds is 3. The van der Waals surface area contributed by atoms with Crippen molar-refractivity contribution in [3.05, 3.63) is 95.1 Å². The van der Waals surface area contributed by atoms with Crippen LogP contribution < -0.4 is 0 Å². The van der Waals surface area contributed by atoms with Crippen molar-refractivity contribution in [1.82, 2.24) is 0 Å². The zero-order valence-electron chi connectivity index (χ0n) is 15.4. The fraction of sp³-hybridized carbons (Fsp3) is 0.167. The summed E-state index contributed by atoms with van der Waals surface area (Å²) < 4.78 is 0. The molecule has 0 saturated heterocycles. The van der Waals surface area contributed by atoms with Crippen LogP contribution in [0.2, 0.25) is 0 Å². The van der Waals surface area contributed by atoms with Gasteiger partial charge in [-0.15, -0.1) is 0 Å². The van der Waals surface area contributed by atoms with Gasteiger partial charge in [0.25, 0.3) is 0 Å². The Morgan fingerprint density at radius 2 is 1.08 bits per heavy atom. The monoisotopic (exact) mass is 344 g/mol. The second-order valence-electron chi connectivity index (χ2n) is 7.52. The molecule has 0 amide bonds. The van der Waals surface area contributed by atoms with E-state index < -0.39 is 0 Å². The van der Waals surface area contributed by atoms with Gasteiger partial charge in [0.2, 0.25) is 0 Å². The number of phenolic OH excluding ortho intramolecular Hbond substituents is 2. The van der Waals surface area contributed by atoms with Gasteiger partial charge in [-0.05, 0) is 63.6 Å². The molecule has 0 heterocycles. The molecule has 0 unspecified atom stereocenters. The van der Waals surface area contributed by atoms with E-state index in [9.17, 15) is 10.2 Å². The minimum absolute atomic E-state index is 0.124. The van der Waals surface area contributed by atoms with Crippen LogP contribution in [-0.4, -0.2) is 10.2 Å². The van der Waals surface area contributed by atoms with Gasteiger partial charge in [0.1, 0.15) is 11.5 Å². The number of phenols is 2. The standard InChI is InChI=1S/C24H24O2/c1-24(2,3)20-10-4-17(5-11-20)16-23(18-6-12-21(25)13-7-18)19-8-14-22(26)15-9-19/h4-16,25-26H,1-3H3. The van der Waals surface area contributed by atoms with Crippen molar-refractivity contribution in [2.75, 3.05) is 0 Å². The summed E-state index contributed by atoms with van der Waals surface area (Å²) in [4.78, 5) is 0. The average Bonchev–Trinajstić information content (AvgIpc) is 2.61. The Kier molecular flexibility index (Phi) is 4.85. The highest BCUT2D eigenvalue weighted by Gasteiger charge is 2.13. The lowest BCUT2D eigenvalue weighted by Crippen LogP contribution is -2.10. The molecule has 26 heavy (non-hydrogen) atoms. The van der Waals surface area contributed by atoms with Crippen molar-refractivity contribution in [2.45, 2.75) is 26.2 Å². The van der Waals surface area contributed by atoms with E-state index in [1.54, 1.807) is 24.3 Å². The van der Waals surface area contributed by atoms with Gasteiger partial charge >= 0.3 is 0 Å². The van der Waals surface area contributed by atoms with E-state index in [2.05, 4.69) is 51.1 Å². The lowest BCUT2D eigenvalue weighted by atomic mass is 9.86. The SMILES string of the molecule is CC(C)(C)c1ccc(C=C(c2ccc(O)cc2)c2ccc(O)cc2)cc1. The Labute approximate surface area is 155 Å². The Hall–Kier alpha value is -3.00. The summed E-state index contributed by atoms with van der Waals surface area (Å²) in [6.45, 7) is 6.61. The van der Waals surface area contributed by atoms with Gasteiger partial charge in [-0.1, -0.05) is 69.3 Å². The second kappa shape index (κ2) is 7.09. The molecule has 132 valence electrons. The molecule has 0 spiro atoms. The van der Waals surface area contributed by atoms with Gasteiger partial charge in [0, 0.05) is 0 Å². The third-order valence-electron chi connectivity index (χ3n) is 4.44. The normalized spacial score (nSPS) is 11.2. The van der Waals surface area contributed by atoms with E-state index in [0.29, 0.717) is 0 Å². The molecular weight excluding hydrogens is 320 g/mol. The highest BCUT2D eigenvalue weighted by Crippen LogP contribution is 2.29. The predicted molar refractivity (Wildman–Crippen MR) is 108 cm³/mol. The maximum Gasteiger partial charge on any atom is 0.115 e. The maximum absolute atomic E-state index is 9.59. The van der Waals surface area contributed by atoms with Crippen LogP contribution >= 0.6 is 0 Å². The lowest BCUT2D eigenvalue weighted by molar-refractivity contribution is 0.475. The average molecular weight is 344 g/mol. The molecule has 0 saturated carbocycles. The molecule has 0 aliphatic heterocycles. The van der Waals surface area contributed by atoms with Gasteiger partial charge < -0.3 is 10.2 Å². The Morgan fingerprint density at radius 3 is 1.46 bits per heavy atom. The lowest BCUT2D eigenvalue weighted by Gasteiger charge is -2.19. The molecule has 0 aromatic heterocycles. The van der Waals surface area contributed by atoms with Crippen molar-refractivity contribution in [2.24, 2.45) is 0 Å². The fourth-order valence-electron chi connectivity index (χ4n) is 2.86. The molecule has 0 atom stereocenters. The van der Waals surface area contributed by atoms with E-state index >= 15 is 0 Å². The van der Waals surface area contributed by atoms with E-state index in [0.717, 1.165) is 22.3 Å². The summed E-state index contributed by atoms with van der Waals surface area (Å²) in [5.74, 6) is 0.488. The first-order valence-corrected chi connectivity index (χ1v) is 8.74. The fourth-order valence-corrected chi connectivity index (χ4v) is 2.86. The summed E-state index contributed by atoms with van der Waals surface area (Å²) in [6.07, 6.45) is 2.13. The second-order valence-corrected chi connectivity index (χ2v) is 7.52. The van der Waals surface area contributed by atoms with Gasteiger partial charge in [0.15, 0.2) is 0 Å². The summed E-state index contributed by atoms with van der Waals surface area (Å²) >= 11 is 0. The van der Waals surface area contributed by atoms with Crippen LogP contribution in [0.15, 0.2) is 72.8 Å². The minimum Gasteiger partial charge on any atom is -0.508 e. The van der Waals surface area contributed by atoms with E-state index in [4.69, 9.17) is 0 Å². The first-order valence-electron chi connectivity index (χ1n) is 8.74. The summed E-state index contributed by atoms with van der Waals surface area (Å²) in [5, 5.41) is 19.2. The number of aromatic hydroxyl groups is 2. The highest BCUT2D eigenvalue weighted by molar-refractivity contribution is 5.91. The quantitative estimate of drug-likeness (QED) is 0.573. The number of hydrogen-bond acceptors (Lipinski definition) is 2. The molecule has 3 rings (SSSR count). The first kappa shape index (κ1) is 17.8. The van der Waals surface area contributed by atoms with Gasteiger partial charge in [-0.2, -0.15) is 0 Å². The molecule has 2 nitrogen and oxygen atoms in total. The highest BCUT2D eigenvalue weighted by atomic mass is 16.3. The number of hydrogen-bond donors (Lipinski definition) is 2. The van der Waals surface area contributed by atoms with Crippen LogP contribution in [0.1, 0.15) is 43.0 Å². The van der Waals surface area contributed by atoms with Gasteiger partial charge in [-0.25, -0.2) is 0 Å². The molecule has 2 N–H and O–H groups in total. The van der Waals surface area contributed by atoms with Crippen molar-refractivity contribution >= 4 is 11.6 Å². The Morgan fingerprint density at radius 1 is 0.654 bits per heavy atom. The first-order chi connectivity index (χ1) is 12.3. The van der Waals surface area contributed by atoms with E-state index in [1.165, 1.54) is 5.56 Å². The molecule has 3 aromatic rings. The maximum atomic E-state index is 9.59. The van der Waals surface area contributed by atoms with Crippen LogP contribution in [0.4, 0.5) is 0 Å². The minimum atomic E-state index is 0.124. The summed E-state index contributed by atoms with van der Waals surface area (Å²) in [5.41, 5.74) is 5.58. The smallest absolute Gasteiger partial charge is 0.115 e. The molecular formula is C24H24O2. The van der Waals surface area contributed by atoms with Crippen LogP contribution in [-0.2, 0) is 5.41 Å². The Balaban J connectivity index is 2.06. The van der Waals surface area contributed by atoms with E-state index in [1.807, 2.05) is 24.3 Å². The molecule has 2 heteroatoms. The summed E-state index contributed by atoms with van der Waals surface area (Å²) in [7, 11) is 0. The molecule has 3 aromatic carbocycles. The third-order valence-corrected chi connectivity index (χ3v) is 4.44. The zero-order chi connectivity index (χ0) is 18.7. The Bertz CT molecular complexity index is 847. The molecule has 0 aliphatic rings. The molecule has 0 fully saturated rings. The largest absolute Gasteiger partial charge is 0.508 e. The zero-order valence-corrected chi connectivity index (χ0v) is 15.4. The molecule has 0 aliphatic carbocycles.